The summed E-state index contributed by atoms with van der Waals surface area (Å²) in [6.45, 7) is 8.34. The topological polar surface area (TPSA) is 79.2 Å². The van der Waals surface area contributed by atoms with Crippen LogP contribution in [0.2, 0.25) is 0 Å². The van der Waals surface area contributed by atoms with E-state index >= 15 is 0 Å². The van der Waals surface area contributed by atoms with Crippen LogP contribution in [0.25, 0.3) is 0 Å². The van der Waals surface area contributed by atoms with Crippen LogP contribution in [0.3, 0.4) is 0 Å². The first-order valence-electron chi connectivity index (χ1n) is 6.68. The van der Waals surface area contributed by atoms with Gasteiger partial charge in [-0.15, -0.1) is 0 Å². The number of hydrogen-bond donors (Lipinski definition) is 3. The molecule has 0 spiro atoms. The Hall–Kier alpha value is -1.56. The number of nitrogens with zero attached hydrogens (tertiary/aromatic N) is 2. The van der Waals surface area contributed by atoms with Gasteiger partial charge in [0.25, 0.3) is 0 Å². The number of rotatable bonds is 6. The van der Waals surface area contributed by atoms with Crippen molar-refractivity contribution in [1.29, 1.82) is 0 Å². The Morgan fingerprint density at radius 1 is 1.42 bits per heavy atom. The second kappa shape index (κ2) is 7.13. The van der Waals surface area contributed by atoms with Crippen molar-refractivity contribution in [3.05, 3.63) is 12.3 Å². The van der Waals surface area contributed by atoms with Gasteiger partial charge in [0.1, 0.15) is 5.82 Å². The van der Waals surface area contributed by atoms with Crippen LogP contribution in [0.5, 0.6) is 0 Å². The summed E-state index contributed by atoms with van der Waals surface area (Å²) in [5.41, 5.74) is 0. The first-order valence-corrected chi connectivity index (χ1v) is 6.68. The van der Waals surface area contributed by atoms with Crippen molar-refractivity contribution in [2.24, 2.45) is 5.92 Å². The van der Waals surface area contributed by atoms with Crippen LogP contribution < -0.4 is 10.6 Å². The van der Waals surface area contributed by atoms with Crippen LogP contribution in [-0.2, 0) is 0 Å². The van der Waals surface area contributed by atoms with Gasteiger partial charge in [0.05, 0.1) is 12.3 Å². The molecular weight excluding hydrogens is 244 g/mol. The molecule has 1 aromatic rings. The summed E-state index contributed by atoms with van der Waals surface area (Å²) in [6.07, 6.45) is 1.81. The van der Waals surface area contributed by atoms with Crippen LogP contribution in [0, 0.1) is 5.92 Å². The summed E-state index contributed by atoms with van der Waals surface area (Å²) in [4.78, 5) is 11.7. The van der Waals surface area contributed by atoms with Crippen molar-refractivity contribution in [2.75, 3.05) is 11.9 Å². The maximum atomic E-state index is 11.7. The van der Waals surface area contributed by atoms with Crippen molar-refractivity contribution >= 4 is 11.8 Å². The summed E-state index contributed by atoms with van der Waals surface area (Å²) in [6, 6.07) is 1.66. The highest BCUT2D eigenvalue weighted by Gasteiger charge is 2.11. The molecular formula is C13H24N4O2. The molecule has 0 bridgehead atoms. The Morgan fingerprint density at radius 3 is 2.68 bits per heavy atom. The van der Waals surface area contributed by atoms with Gasteiger partial charge in [0.15, 0.2) is 0 Å². The first-order chi connectivity index (χ1) is 8.91. The molecule has 108 valence electrons. The molecule has 0 aliphatic carbocycles. The first kappa shape index (κ1) is 15.5. The lowest BCUT2D eigenvalue weighted by Gasteiger charge is -2.15. The number of nitrogens with one attached hydrogen (secondary N) is 2. The quantitative estimate of drug-likeness (QED) is 0.738. The van der Waals surface area contributed by atoms with E-state index in [4.69, 9.17) is 0 Å². The molecule has 6 nitrogen and oxygen atoms in total. The van der Waals surface area contributed by atoms with Crippen molar-refractivity contribution < 1.29 is 9.90 Å². The van der Waals surface area contributed by atoms with E-state index < -0.39 is 0 Å². The van der Waals surface area contributed by atoms with Gasteiger partial charge in [-0.1, -0.05) is 13.8 Å². The third-order valence-electron chi connectivity index (χ3n) is 2.90. The number of anilines is 1. The van der Waals surface area contributed by atoms with E-state index in [0.29, 0.717) is 18.8 Å². The van der Waals surface area contributed by atoms with Gasteiger partial charge in [-0.2, -0.15) is 5.10 Å². The van der Waals surface area contributed by atoms with E-state index in [2.05, 4.69) is 15.7 Å². The van der Waals surface area contributed by atoms with E-state index in [1.807, 2.05) is 27.7 Å². The highest BCUT2D eigenvalue weighted by Crippen LogP contribution is 2.12. The van der Waals surface area contributed by atoms with Crippen molar-refractivity contribution in [3.8, 4) is 0 Å². The second-order valence-corrected chi connectivity index (χ2v) is 5.24. The average Bonchev–Trinajstić information content (AvgIpc) is 2.76. The molecule has 0 aromatic carbocycles. The van der Waals surface area contributed by atoms with Crippen LogP contribution in [0.4, 0.5) is 10.6 Å². The standard InChI is InChI=1S/C13H24N4O2/c1-9(2)11(18)5-7-14-13(19)16-12-6-8-15-17(12)10(3)4/h6,8-11,18H,5,7H2,1-4H3,(H2,14,16,19). The molecule has 0 saturated carbocycles. The molecule has 3 N–H and O–H groups in total. The van der Waals surface area contributed by atoms with Gasteiger partial charge in [0.2, 0.25) is 0 Å². The lowest BCUT2D eigenvalue weighted by atomic mass is 10.0. The predicted octanol–water partition coefficient (Wildman–Crippen LogP) is 1.99. The Labute approximate surface area is 114 Å². The average molecular weight is 268 g/mol. The Morgan fingerprint density at radius 2 is 2.11 bits per heavy atom. The van der Waals surface area contributed by atoms with Gasteiger partial charge in [0, 0.05) is 18.7 Å². The summed E-state index contributed by atoms with van der Waals surface area (Å²) in [5.74, 6) is 0.865. The summed E-state index contributed by atoms with van der Waals surface area (Å²) in [7, 11) is 0. The monoisotopic (exact) mass is 268 g/mol. The highest BCUT2D eigenvalue weighted by molar-refractivity contribution is 5.88. The number of carbonyl (C=O) groups excluding carboxylic acids is 1. The molecule has 0 saturated heterocycles. The smallest absolute Gasteiger partial charge is 0.320 e. The van der Waals surface area contributed by atoms with E-state index in [9.17, 15) is 9.90 Å². The highest BCUT2D eigenvalue weighted by atomic mass is 16.3. The lowest BCUT2D eigenvalue weighted by Crippen LogP contribution is -2.33. The number of aromatic nitrogens is 2. The minimum atomic E-state index is -0.388. The molecule has 0 fully saturated rings. The van der Waals surface area contributed by atoms with Gasteiger partial charge >= 0.3 is 6.03 Å². The number of aliphatic hydroxyl groups is 1. The Kier molecular flexibility index (Phi) is 5.82. The molecule has 2 amide bonds. The molecule has 0 aliphatic rings. The molecule has 0 aliphatic heterocycles. The van der Waals surface area contributed by atoms with Crippen LogP contribution >= 0.6 is 0 Å². The maximum absolute atomic E-state index is 11.7. The number of urea groups is 1. The third-order valence-corrected chi connectivity index (χ3v) is 2.90. The summed E-state index contributed by atoms with van der Waals surface area (Å²) in [5, 5.41) is 19.2. The molecule has 0 radical (unpaired) electrons. The third kappa shape index (κ3) is 4.90. The predicted molar refractivity (Wildman–Crippen MR) is 75.1 cm³/mol. The minimum absolute atomic E-state index is 0.188. The minimum Gasteiger partial charge on any atom is -0.393 e. The number of aliphatic hydroxyl groups excluding tert-OH is 1. The second-order valence-electron chi connectivity index (χ2n) is 5.24. The van der Waals surface area contributed by atoms with Gasteiger partial charge < -0.3 is 10.4 Å². The van der Waals surface area contributed by atoms with Crippen molar-refractivity contribution in [2.45, 2.75) is 46.3 Å². The lowest BCUT2D eigenvalue weighted by molar-refractivity contribution is 0.117. The summed E-state index contributed by atoms with van der Waals surface area (Å²) >= 11 is 0. The number of amides is 2. The molecule has 1 atom stereocenters. The number of hydrogen-bond acceptors (Lipinski definition) is 3. The molecule has 1 aromatic heterocycles. The molecule has 19 heavy (non-hydrogen) atoms. The van der Waals surface area contributed by atoms with Crippen LogP contribution in [0.1, 0.15) is 40.2 Å². The van der Waals surface area contributed by atoms with Crippen molar-refractivity contribution in [1.82, 2.24) is 15.1 Å². The Balaban J connectivity index is 2.37. The van der Waals surface area contributed by atoms with E-state index in [0.717, 1.165) is 0 Å². The zero-order valence-electron chi connectivity index (χ0n) is 12.1. The van der Waals surface area contributed by atoms with E-state index in [1.54, 1.807) is 16.9 Å². The maximum Gasteiger partial charge on any atom is 0.320 e. The SMILES string of the molecule is CC(C)C(O)CCNC(=O)Nc1ccnn1C(C)C. The fourth-order valence-corrected chi connectivity index (χ4v) is 1.65. The molecule has 1 heterocycles. The van der Waals surface area contributed by atoms with E-state index in [-0.39, 0.29) is 24.1 Å². The van der Waals surface area contributed by atoms with Gasteiger partial charge in [-0.3, -0.25) is 5.32 Å². The van der Waals surface area contributed by atoms with Gasteiger partial charge in [-0.25, -0.2) is 9.48 Å². The molecule has 1 rings (SSSR count). The number of carbonyl (C=O) groups is 1. The fraction of sp³-hybridized carbons (Fsp3) is 0.692. The van der Waals surface area contributed by atoms with Crippen LogP contribution in [-0.4, -0.2) is 33.6 Å². The zero-order valence-corrected chi connectivity index (χ0v) is 12.1. The zero-order chi connectivity index (χ0) is 14.4. The van der Waals surface area contributed by atoms with Crippen molar-refractivity contribution in [3.63, 3.8) is 0 Å². The molecule has 1 unspecified atom stereocenters. The van der Waals surface area contributed by atoms with E-state index in [1.165, 1.54) is 0 Å². The summed E-state index contributed by atoms with van der Waals surface area (Å²) < 4.78 is 1.74. The normalized spacial score (nSPS) is 12.8. The fourth-order valence-electron chi connectivity index (χ4n) is 1.65. The van der Waals surface area contributed by atoms with Gasteiger partial charge in [-0.05, 0) is 26.2 Å². The largest absolute Gasteiger partial charge is 0.393 e. The Bertz CT molecular complexity index is 401. The molecule has 6 heteroatoms. The van der Waals surface area contributed by atoms with Crippen LogP contribution in [0.15, 0.2) is 12.3 Å².